The van der Waals surface area contributed by atoms with Gasteiger partial charge in [0.15, 0.2) is 0 Å². The zero-order valence-electron chi connectivity index (χ0n) is 9.06. The number of alkyl halides is 3. The van der Waals surface area contributed by atoms with E-state index in [1.807, 2.05) is 5.32 Å². The number of nitrogens with one attached hydrogen (secondary N) is 3. The minimum Gasteiger partial charge on any atom is -0.353 e. The topological polar surface area (TPSA) is 70.2 Å². The second-order valence-electron chi connectivity index (χ2n) is 3.83. The fourth-order valence-electron chi connectivity index (χ4n) is 1.45. The van der Waals surface area contributed by atoms with Gasteiger partial charge in [-0.05, 0) is 6.42 Å². The number of hydrogen-bond acceptors (Lipinski definition) is 3. The van der Waals surface area contributed by atoms with E-state index in [4.69, 9.17) is 0 Å². The summed E-state index contributed by atoms with van der Waals surface area (Å²) < 4.78 is 35.2. The lowest BCUT2D eigenvalue weighted by Crippen LogP contribution is -2.43. The molecule has 1 atom stereocenters. The average molecular weight is 253 g/mol. The fourth-order valence-corrected chi connectivity index (χ4v) is 1.45. The highest BCUT2D eigenvalue weighted by Crippen LogP contribution is 2.11. The van der Waals surface area contributed by atoms with E-state index < -0.39 is 18.6 Å². The molecule has 0 bridgehead atoms. The van der Waals surface area contributed by atoms with Gasteiger partial charge in [0, 0.05) is 19.0 Å². The van der Waals surface area contributed by atoms with Crippen molar-refractivity contribution in [2.45, 2.75) is 25.1 Å². The third-order valence-electron chi connectivity index (χ3n) is 2.24. The van der Waals surface area contributed by atoms with Gasteiger partial charge in [0.25, 0.3) is 0 Å². The summed E-state index contributed by atoms with van der Waals surface area (Å²) in [5.41, 5.74) is 0. The molecule has 3 N–H and O–H groups in total. The van der Waals surface area contributed by atoms with Gasteiger partial charge in [-0.2, -0.15) is 13.2 Å². The molecule has 0 spiro atoms. The summed E-state index contributed by atoms with van der Waals surface area (Å²) in [6, 6.07) is -0.117. The molecule has 8 heteroatoms. The van der Waals surface area contributed by atoms with Crippen LogP contribution >= 0.6 is 0 Å². The summed E-state index contributed by atoms with van der Waals surface area (Å²) in [7, 11) is 0. The van der Waals surface area contributed by atoms with Gasteiger partial charge in [-0.15, -0.1) is 0 Å². The SMILES string of the molecule is O=C(CNCC(F)(F)F)NCC1CCC(=O)N1. The van der Waals surface area contributed by atoms with Gasteiger partial charge in [-0.25, -0.2) is 0 Å². The molecular formula is C9H14F3N3O2. The van der Waals surface area contributed by atoms with E-state index >= 15 is 0 Å². The summed E-state index contributed by atoms with van der Waals surface area (Å²) in [5, 5.41) is 7.07. The Kier molecular flexibility index (Phi) is 4.73. The largest absolute Gasteiger partial charge is 0.401 e. The number of carbonyl (C=O) groups excluding carboxylic acids is 2. The standard InChI is InChI=1S/C9H14F3N3O2/c10-9(11,12)5-13-4-8(17)14-3-6-1-2-7(16)15-6/h6,13H,1-5H2,(H,14,17)(H,15,16). The summed E-state index contributed by atoms with van der Waals surface area (Å²) in [6.07, 6.45) is -3.26. The smallest absolute Gasteiger partial charge is 0.353 e. The van der Waals surface area contributed by atoms with Crippen molar-refractivity contribution >= 4 is 11.8 Å². The maximum Gasteiger partial charge on any atom is 0.401 e. The summed E-state index contributed by atoms with van der Waals surface area (Å²) in [5.74, 6) is -0.588. The van der Waals surface area contributed by atoms with Crippen molar-refractivity contribution in [3.05, 3.63) is 0 Å². The van der Waals surface area contributed by atoms with E-state index in [1.54, 1.807) is 0 Å². The predicted molar refractivity (Wildman–Crippen MR) is 53.1 cm³/mol. The van der Waals surface area contributed by atoms with Gasteiger partial charge in [0.2, 0.25) is 11.8 Å². The van der Waals surface area contributed by atoms with Crippen molar-refractivity contribution in [2.24, 2.45) is 0 Å². The van der Waals surface area contributed by atoms with Gasteiger partial charge in [-0.3, -0.25) is 9.59 Å². The van der Waals surface area contributed by atoms with Gasteiger partial charge in [0.1, 0.15) is 0 Å². The Balaban J connectivity index is 2.07. The number of carbonyl (C=O) groups is 2. The van der Waals surface area contributed by atoms with Crippen LogP contribution in [0.25, 0.3) is 0 Å². The van der Waals surface area contributed by atoms with Crippen molar-refractivity contribution in [3.63, 3.8) is 0 Å². The third kappa shape index (κ3) is 6.10. The molecule has 0 aromatic rings. The Morgan fingerprint density at radius 3 is 2.71 bits per heavy atom. The minimum absolute atomic E-state index is 0.0700. The van der Waals surface area contributed by atoms with E-state index in [2.05, 4.69) is 10.6 Å². The highest BCUT2D eigenvalue weighted by Gasteiger charge is 2.26. The Morgan fingerprint density at radius 2 is 2.18 bits per heavy atom. The lowest BCUT2D eigenvalue weighted by Gasteiger charge is -2.12. The van der Waals surface area contributed by atoms with E-state index in [0.717, 1.165) is 0 Å². The lowest BCUT2D eigenvalue weighted by atomic mass is 10.2. The number of halogens is 3. The van der Waals surface area contributed by atoms with E-state index in [1.165, 1.54) is 0 Å². The molecule has 17 heavy (non-hydrogen) atoms. The van der Waals surface area contributed by atoms with Crippen molar-refractivity contribution in [2.75, 3.05) is 19.6 Å². The second-order valence-corrected chi connectivity index (χ2v) is 3.83. The molecule has 1 aliphatic rings. The normalized spacial score (nSPS) is 20.2. The van der Waals surface area contributed by atoms with Gasteiger partial charge < -0.3 is 16.0 Å². The van der Waals surface area contributed by atoms with Crippen molar-refractivity contribution in [1.82, 2.24) is 16.0 Å². The van der Waals surface area contributed by atoms with Gasteiger partial charge in [-0.1, -0.05) is 0 Å². The molecule has 2 amide bonds. The van der Waals surface area contributed by atoms with Crippen molar-refractivity contribution in [3.8, 4) is 0 Å². The molecule has 0 aliphatic carbocycles. The lowest BCUT2D eigenvalue weighted by molar-refractivity contribution is -0.128. The zero-order chi connectivity index (χ0) is 12.9. The number of hydrogen-bond donors (Lipinski definition) is 3. The molecule has 0 aromatic heterocycles. The molecule has 0 radical (unpaired) electrons. The van der Waals surface area contributed by atoms with Crippen LogP contribution in [0.1, 0.15) is 12.8 Å². The molecular weight excluding hydrogens is 239 g/mol. The second kappa shape index (κ2) is 5.85. The Morgan fingerprint density at radius 1 is 1.47 bits per heavy atom. The van der Waals surface area contributed by atoms with Crippen LogP contribution in [0.3, 0.4) is 0 Å². The molecule has 1 fully saturated rings. The maximum absolute atomic E-state index is 11.7. The Labute approximate surface area is 96.1 Å². The first-order valence-corrected chi connectivity index (χ1v) is 5.20. The number of amides is 2. The Hall–Kier alpha value is -1.31. The highest BCUT2D eigenvalue weighted by atomic mass is 19.4. The average Bonchev–Trinajstić information content (AvgIpc) is 2.59. The van der Waals surface area contributed by atoms with Crippen LogP contribution in [-0.4, -0.2) is 43.7 Å². The van der Waals surface area contributed by atoms with Crippen LogP contribution in [0.15, 0.2) is 0 Å². The highest BCUT2D eigenvalue weighted by molar-refractivity contribution is 5.79. The first kappa shape index (κ1) is 13.8. The monoisotopic (exact) mass is 253 g/mol. The summed E-state index contributed by atoms with van der Waals surface area (Å²) in [4.78, 5) is 21.9. The quantitative estimate of drug-likeness (QED) is 0.620. The molecule has 1 saturated heterocycles. The predicted octanol–water partition coefficient (Wildman–Crippen LogP) is -0.467. The van der Waals surface area contributed by atoms with E-state index in [0.29, 0.717) is 12.8 Å². The summed E-state index contributed by atoms with van der Waals surface area (Å²) in [6.45, 7) is -1.33. The molecule has 1 unspecified atom stereocenters. The van der Waals surface area contributed by atoms with Gasteiger partial charge in [0.05, 0.1) is 13.1 Å². The molecule has 1 rings (SSSR count). The molecule has 0 saturated carbocycles. The van der Waals surface area contributed by atoms with Crippen LogP contribution in [0.4, 0.5) is 13.2 Å². The first-order valence-electron chi connectivity index (χ1n) is 5.20. The summed E-state index contributed by atoms with van der Waals surface area (Å²) >= 11 is 0. The van der Waals surface area contributed by atoms with Crippen molar-refractivity contribution in [1.29, 1.82) is 0 Å². The molecule has 5 nitrogen and oxygen atoms in total. The van der Waals surface area contributed by atoms with Crippen molar-refractivity contribution < 1.29 is 22.8 Å². The zero-order valence-corrected chi connectivity index (χ0v) is 9.06. The molecule has 1 heterocycles. The molecule has 98 valence electrons. The first-order chi connectivity index (χ1) is 7.87. The van der Waals surface area contributed by atoms with Crippen LogP contribution in [0, 0.1) is 0 Å². The van der Waals surface area contributed by atoms with Crippen LogP contribution in [0.2, 0.25) is 0 Å². The van der Waals surface area contributed by atoms with Gasteiger partial charge >= 0.3 is 6.18 Å². The molecule has 0 aromatic carbocycles. The van der Waals surface area contributed by atoms with E-state index in [9.17, 15) is 22.8 Å². The van der Waals surface area contributed by atoms with Crippen LogP contribution in [-0.2, 0) is 9.59 Å². The van der Waals surface area contributed by atoms with E-state index in [-0.39, 0.29) is 25.0 Å². The molecule has 1 aliphatic heterocycles. The fraction of sp³-hybridized carbons (Fsp3) is 0.778. The minimum atomic E-state index is -4.32. The van der Waals surface area contributed by atoms with Crippen LogP contribution in [0.5, 0.6) is 0 Å². The third-order valence-corrected chi connectivity index (χ3v) is 2.24. The Bertz CT molecular complexity index is 294. The van der Waals surface area contributed by atoms with Crippen LogP contribution < -0.4 is 16.0 Å². The maximum atomic E-state index is 11.7. The number of rotatable bonds is 5.